The molecule has 3 heterocycles. The van der Waals surface area contributed by atoms with Crippen LogP contribution in [0.2, 0.25) is 0 Å². The Balaban J connectivity index is 1.79. The average molecular weight is 611 g/mol. The van der Waals surface area contributed by atoms with E-state index in [0.29, 0.717) is 0 Å². The third-order valence-electron chi connectivity index (χ3n) is 6.66. The molecule has 11 atom stereocenters. The Labute approximate surface area is 231 Å². The summed E-state index contributed by atoms with van der Waals surface area (Å²) in [5.74, 6) is -7.17. The number of nitrogen functional groups attached to an aromatic ring is 1. The van der Waals surface area contributed by atoms with E-state index in [-0.39, 0.29) is 5.82 Å². The second-order valence-electron chi connectivity index (χ2n) is 9.70. The summed E-state index contributed by atoms with van der Waals surface area (Å²) in [7, 11) is -5.72. The molecule has 232 valence electrons. The van der Waals surface area contributed by atoms with Crippen LogP contribution < -0.4 is 22.1 Å². The Hall–Kier alpha value is -2.39. The topological polar surface area (TPSA) is 320 Å². The van der Waals surface area contributed by atoms with Gasteiger partial charge in [0, 0.05) is 31.5 Å². The number of carboxylic acid groups (broad SMARTS) is 1. The van der Waals surface area contributed by atoms with Gasteiger partial charge in [0.15, 0.2) is 6.23 Å². The van der Waals surface area contributed by atoms with Gasteiger partial charge in [-0.25, -0.2) is 9.59 Å². The van der Waals surface area contributed by atoms with Crippen LogP contribution in [0.4, 0.5) is 5.82 Å². The van der Waals surface area contributed by atoms with Crippen molar-refractivity contribution in [2.24, 2.45) is 11.7 Å². The molecule has 20 heteroatoms. The van der Waals surface area contributed by atoms with Crippen LogP contribution in [-0.2, 0) is 32.7 Å². The van der Waals surface area contributed by atoms with Crippen molar-refractivity contribution < 1.29 is 68.2 Å². The molecule has 41 heavy (non-hydrogen) atoms. The van der Waals surface area contributed by atoms with Gasteiger partial charge in [0.2, 0.25) is 0 Å². The van der Waals surface area contributed by atoms with Crippen molar-refractivity contribution in [2.75, 3.05) is 18.9 Å². The summed E-state index contributed by atoms with van der Waals surface area (Å²) < 4.78 is 33.6. The normalized spacial score (nSPS) is 35.0. The summed E-state index contributed by atoms with van der Waals surface area (Å²) in [5, 5.41) is 61.6. The number of Topliss-reactive ketones (excluding diaryl/α,β-unsaturated/α-hetero) is 1. The maximum Gasteiger partial charge on any atom is 0.364 e. The van der Waals surface area contributed by atoms with Crippen LogP contribution in [0.3, 0.4) is 0 Å². The maximum atomic E-state index is 12.7. The smallest absolute Gasteiger partial charge is 0.364 e. The van der Waals surface area contributed by atoms with Gasteiger partial charge >= 0.3 is 11.7 Å². The Bertz CT molecular complexity index is 1220. The number of aliphatic hydroxyl groups excluding tert-OH is 5. The fourth-order valence-electron chi connectivity index (χ4n) is 4.59. The van der Waals surface area contributed by atoms with Crippen molar-refractivity contribution in [3.05, 3.63) is 22.7 Å². The number of rotatable bonds is 12. The molecule has 0 amide bonds. The third kappa shape index (κ3) is 7.34. The van der Waals surface area contributed by atoms with Gasteiger partial charge in [-0.05, 0) is 13.0 Å². The number of carbonyl (C=O) groups excluding carboxylic acids is 1. The molecule has 3 rings (SSSR count). The van der Waals surface area contributed by atoms with Crippen LogP contribution in [0.15, 0.2) is 17.1 Å². The van der Waals surface area contributed by atoms with E-state index in [0.717, 1.165) is 17.7 Å². The lowest BCUT2D eigenvalue weighted by Crippen LogP contribution is -2.62. The van der Waals surface area contributed by atoms with E-state index in [4.69, 9.17) is 25.5 Å². The van der Waals surface area contributed by atoms with Crippen LogP contribution in [0.25, 0.3) is 0 Å². The predicted molar refractivity (Wildman–Crippen MR) is 129 cm³/mol. The fourth-order valence-corrected chi connectivity index (χ4v) is 5.53. The van der Waals surface area contributed by atoms with Crippen molar-refractivity contribution in [2.45, 2.75) is 74.5 Å². The van der Waals surface area contributed by atoms with Gasteiger partial charge in [0.25, 0.3) is 13.6 Å². The molecule has 0 aliphatic carbocycles. The van der Waals surface area contributed by atoms with E-state index >= 15 is 0 Å². The van der Waals surface area contributed by atoms with Gasteiger partial charge < -0.3 is 65.8 Å². The quantitative estimate of drug-likeness (QED) is 0.103. The molecule has 0 bridgehead atoms. The minimum Gasteiger partial charge on any atom is -0.756 e. The van der Waals surface area contributed by atoms with Crippen molar-refractivity contribution in [1.29, 1.82) is 0 Å². The first-order valence-corrected chi connectivity index (χ1v) is 13.7. The van der Waals surface area contributed by atoms with Crippen LogP contribution >= 0.6 is 7.82 Å². The minimum absolute atomic E-state index is 0.133. The van der Waals surface area contributed by atoms with Crippen LogP contribution in [0, 0.1) is 5.92 Å². The van der Waals surface area contributed by atoms with E-state index in [1.807, 2.05) is 0 Å². The molecule has 2 aliphatic rings. The Morgan fingerprint density at radius 3 is 2.54 bits per heavy atom. The highest BCUT2D eigenvalue weighted by atomic mass is 31.2. The monoisotopic (exact) mass is 611 g/mol. The van der Waals surface area contributed by atoms with Gasteiger partial charge in [-0.2, -0.15) is 4.98 Å². The second-order valence-corrected chi connectivity index (χ2v) is 11.0. The summed E-state index contributed by atoms with van der Waals surface area (Å²) in [5.41, 5.74) is 9.80. The van der Waals surface area contributed by atoms with Gasteiger partial charge in [-0.3, -0.25) is 13.7 Å². The van der Waals surface area contributed by atoms with Crippen molar-refractivity contribution in [1.82, 2.24) is 9.55 Å². The fraction of sp³-hybridized carbons (Fsp3) is 0.714. The highest BCUT2D eigenvalue weighted by molar-refractivity contribution is 7.45. The number of ketones is 1. The highest BCUT2D eigenvalue weighted by Gasteiger charge is 2.57. The molecule has 0 aromatic carbocycles. The number of nitrogens with two attached hydrogens (primary N) is 2. The highest BCUT2D eigenvalue weighted by Crippen LogP contribution is 2.49. The second kappa shape index (κ2) is 12.9. The van der Waals surface area contributed by atoms with Gasteiger partial charge in [-0.1, -0.05) is 0 Å². The van der Waals surface area contributed by atoms with Gasteiger partial charge in [-0.15, -0.1) is 0 Å². The van der Waals surface area contributed by atoms with E-state index in [1.54, 1.807) is 0 Å². The number of nitrogens with zero attached hydrogens (tertiary/aromatic N) is 2. The molecule has 2 aliphatic heterocycles. The number of phosphoric acid groups is 1. The number of hydrogen-bond acceptors (Lipinski definition) is 17. The number of phosphoric ester groups is 1. The van der Waals surface area contributed by atoms with Crippen molar-refractivity contribution in [3.63, 3.8) is 0 Å². The van der Waals surface area contributed by atoms with Gasteiger partial charge in [0.1, 0.15) is 36.0 Å². The number of carbonyl (C=O) groups is 2. The number of hydrogen-bond donors (Lipinski definition) is 8. The standard InChI is InChI=1S/C21H33N4O15P/c1-8(26)4-9-10(27)5-21(19(32)33,39-17(9)14(29)11(28)6-22)40-41(35,36)37-7-12-15(30)16(31)18(38-12)25-3-2-13(23)24-20(25)34/h2-3,9-12,14-18,27-31H,4-7,22H2,1H3,(H,32,33)(H,35,36)(H2,23,24,34)/p-1/t9-,10-,11-,12-,14-,15+,16?,17?,18-,21-/m1/s1. The molecule has 19 nitrogen and oxygen atoms in total. The number of aromatic nitrogens is 2. The third-order valence-corrected chi connectivity index (χ3v) is 7.64. The lowest BCUT2D eigenvalue weighted by atomic mass is 9.80. The summed E-state index contributed by atoms with van der Waals surface area (Å²) in [6.45, 7) is -0.440. The molecule has 3 unspecified atom stereocenters. The Morgan fingerprint density at radius 1 is 1.32 bits per heavy atom. The largest absolute Gasteiger partial charge is 0.756 e. The molecule has 0 radical (unpaired) electrons. The van der Waals surface area contributed by atoms with E-state index in [1.165, 1.54) is 6.07 Å². The molecular weight excluding hydrogens is 579 g/mol. The van der Waals surface area contributed by atoms with Crippen LogP contribution in [0.1, 0.15) is 26.0 Å². The molecule has 2 saturated heterocycles. The average Bonchev–Trinajstić information content (AvgIpc) is 3.16. The molecular formula is C21H32N4O15P-. The Kier molecular flexibility index (Phi) is 10.4. The number of aliphatic carboxylic acids is 1. The molecule has 1 aromatic heterocycles. The number of anilines is 1. The zero-order valence-electron chi connectivity index (χ0n) is 21.5. The maximum absolute atomic E-state index is 12.7. The summed E-state index contributed by atoms with van der Waals surface area (Å²) in [6.07, 6.45) is -14.3. The molecule has 0 saturated carbocycles. The lowest BCUT2D eigenvalue weighted by molar-refractivity contribution is -0.319. The molecule has 2 fully saturated rings. The summed E-state index contributed by atoms with van der Waals surface area (Å²) >= 11 is 0. The lowest BCUT2D eigenvalue weighted by Gasteiger charge is -2.47. The van der Waals surface area contributed by atoms with Crippen molar-refractivity contribution in [3.8, 4) is 0 Å². The van der Waals surface area contributed by atoms with E-state index in [9.17, 15) is 54.5 Å². The molecule has 0 spiro atoms. The van der Waals surface area contributed by atoms with Crippen LogP contribution in [-0.4, -0.2) is 114 Å². The first-order chi connectivity index (χ1) is 19.0. The Morgan fingerprint density at radius 2 is 1.98 bits per heavy atom. The van der Waals surface area contributed by atoms with Gasteiger partial charge in [0.05, 0.1) is 24.9 Å². The molecule has 1 aromatic rings. The predicted octanol–water partition coefficient (Wildman–Crippen LogP) is -4.85. The van der Waals surface area contributed by atoms with E-state index in [2.05, 4.69) is 9.51 Å². The zero-order chi connectivity index (χ0) is 30.9. The number of ether oxygens (including phenoxy) is 2. The summed E-state index contributed by atoms with van der Waals surface area (Å²) in [6, 6.07) is 1.20. The molecule has 10 N–H and O–H groups in total. The van der Waals surface area contributed by atoms with Crippen molar-refractivity contribution >= 4 is 25.4 Å². The zero-order valence-corrected chi connectivity index (χ0v) is 22.4. The van der Waals surface area contributed by atoms with E-state index < -0.39 is 112 Å². The summed E-state index contributed by atoms with van der Waals surface area (Å²) in [4.78, 5) is 52.2. The first kappa shape index (κ1) is 33.1. The number of aliphatic hydroxyl groups is 5. The number of carboxylic acids is 1. The SMILES string of the molecule is CC(=O)C[C@H]1C([C@H](O)[C@H](O)CN)O[C@](OP(=O)([O-])OC[C@H]2O[C@@H](n3ccc(N)nc3=O)C(O)[C@H]2O)(C(=O)O)C[C@H]1O. The minimum atomic E-state index is -5.72. The van der Waals surface area contributed by atoms with Crippen LogP contribution in [0.5, 0.6) is 0 Å². The first-order valence-electron chi connectivity index (χ1n) is 12.2.